The zero-order chi connectivity index (χ0) is 24.5. The summed E-state index contributed by atoms with van der Waals surface area (Å²) >= 11 is 0. The van der Waals surface area contributed by atoms with Crippen LogP contribution >= 0.6 is 0 Å². The molecule has 4 aromatic rings. The lowest BCUT2D eigenvalue weighted by Crippen LogP contribution is -2.39. The van der Waals surface area contributed by atoms with Gasteiger partial charge < -0.3 is 19.4 Å². The molecule has 0 atom stereocenters. The van der Waals surface area contributed by atoms with Crippen molar-refractivity contribution in [1.29, 1.82) is 0 Å². The maximum absolute atomic E-state index is 12.9. The monoisotopic (exact) mass is 477 g/mol. The van der Waals surface area contributed by atoms with Gasteiger partial charge in [0.15, 0.2) is 11.3 Å². The number of hydrogen-bond donors (Lipinski definition) is 2. The molecule has 1 saturated heterocycles. The Balaban J connectivity index is 1.40. The Kier molecular flexibility index (Phi) is 5.81. The molecular weight excluding hydrogens is 454 g/mol. The predicted molar refractivity (Wildman–Crippen MR) is 126 cm³/mol. The molecule has 11 heteroatoms. The number of piperidine rings is 1. The van der Waals surface area contributed by atoms with Gasteiger partial charge in [0.05, 0.1) is 18.1 Å². The standard InChI is InChI=1S/C24H23N5O6/c1-34-23(32)21-16-11-14(5-7-17(16)26-27-21)22(31)25-15-6-8-19-18(12-15)29(24(33)35-19)13-20(30)28-9-3-2-4-10-28/h5-8,11-12H,2-4,9-10,13H2,1H3,(H,25,31)(H,26,27). The van der Waals surface area contributed by atoms with Crippen LogP contribution in [0.25, 0.3) is 22.0 Å². The molecule has 3 heterocycles. The molecular formula is C24H23N5O6. The molecule has 180 valence electrons. The molecule has 0 saturated carbocycles. The number of amides is 2. The van der Waals surface area contributed by atoms with E-state index in [-0.39, 0.29) is 18.1 Å². The highest BCUT2D eigenvalue weighted by Gasteiger charge is 2.21. The molecule has 0 spiro atoms. The highest BCUT2D eigenvalue weighted by atomic mass is 16.5. The van der Waals surface area contributed by atoms with Gasteiger partial charge in [-0.2, -0.15) is 5.10 Å². The minimum atomic E-state index is -0.630. The molecule has 2 aromatic heterocycles. The fourth-order valence-electron chi connectivity index (χ4n) is 4.28. The topological polar surface area (TPSA) is 140 Å². The first-order valence-electron chi connectivity index (χ1n) is 11.2. The van der Waals surface area contributed by atoms with Gasteiger partial charge in [-0.3, -0.25) is 19.3 Å². The number of anilines is 1. The van der Waals surface area contributed by atoms with Crippen LogP contribution in [-0.4, -0.2) is 57.6 Å². The van der Waals surface area contributed by atoms with Gasteiger partial charge in [-0.15, -0.1) is 0 Å². The molecule has 0 bridgehead atoms. The van der Waals surface area contributed by atoms with Crippen LogP contribution in [0.1, 0.15) is 40.1 Å². The number of fused-ring (bicyclic) bond motifs is 2. The first-order chi connectivity index (χ1) is 16.9. The third-order valence-corrected chi connectivity index (χ3v) is 6.13. The molecule has 2 amide bonds. The zero-order valence-electron chi connectivity index (χ0n) is 19.0. The van der Waals surface area contributed by atoms with Gasteiger partial charge in [-0.1, -0.05) is 0 Å². The first kappa shape index (κ1) is 22.4. The van der Waals surface area contributed by atoms with Crippen LogP contribution in [0, 0.1) is 0 Å². The number of H-pyrrole nitrogens is 1. The summed E-state index contributed by atoms with van der Waals surface area (Å²) in [4.78, 5) is 51.7. The summed E-state index contributed by atoms with van der Waals surface area (Å²) in [5.41, 5.74) is 2.12. The fraction of sp³-hybridized carbons (Fsp3) is 0.292. The Labute approximate surface area is 198 Å². The van der Waals surface area contributed by atoms with E-state index in [1.54, 1.807) is 41.3 Å². The largest absolute Gasteiger partial charge is 0.464 e. The summed E-state index contributed by atoms with van der Waals surface area (Å²) in [5, 5.41) is 9.92. The quantitative estimate of drug-likeness (QED) is 0.421. The Morgan fingerprint density at radius 1 is 1.11 bits per heavy atom. The number of aromatic amines is 1. The van der Waals surface area contributed by atoms with E-state index in [1.807, 2.05) is 0 Å². The van der Waals surface area contributed by atoms with Crippen molar-refractivity contribution >= 4 is 45.5 Å². The van der Waals surface area contributed by atoms with Crippen LogP contribution in [0.5, 0.6) is 0 Å². The summed E-state index contributed by atoms with van der Waals surface area (Å²) in [7, 11) is 1.26. The lowest BCUT2D eigenvalue weighted by molar-refractivity contribution is -0.132. The number of likely N-dealkylation sites (tertiary alicyclic amines) is 1. The number of benzene rings is 2. The number of rotatable bonds is 5. The zero-order valence-corrected chi connectivity index (χ0v) is 19.0. The van der Waals surface area contributed by atoms with Gasteiger partial charge in [0.2, 0.25) is 5.91 Å². The number of ether oxygens (including phenoxy) is 1. The molecule has 35 heavy (non-hydrogen) atoms. The molecule has 1 fully saturated rings. The Hall–Kier alpha value is -4.41. The summed E-state index contributed by atoms with van der Waals surface area (Å²) in [6.07, 6.45) is 3.00. The number of esters is 1. The normalized spacial score (nSPS) is 13.8. The fourth-order valence-corrected chi connectivity index (χ4v) is 4.28. The van der Waals surface area contributed by atoms with Gasteiger partial charge in [0.1, 0.15) is 6.54 Å². The number of methoxy groups -OCH3 is 1. The van der Waals surface area contributed by atoms with Crippen molar-refractivity contribution in [1.82, 2.24) is 19.7 Å². The molecule has 2 N–H and O–H groups in total. The summed E-state index contributed by atoms with van der Waals surface area (Å²) in [6, 6.07) is 9.56. The van der Waals surface area contributed by atoms with E-state index in [1.165, 1.54) is 11.7 Å². The molecule has 1 aliphatic heterocycles. The van der Waals surface area contributed by atoms with Gasteiger partial charge in [0.25, 0.3) is 5.91 Å². The molecule has 0 aliphatic carbocycles. The molecule has 11 nitrogen and oxygen atoms in total. The van der Waals surface area contributed by atoms with Gasteiger partial charge >= 0.3 is 11.7 Å². The van der Waals surface area contributed by atoms with Gasteiger partial charge in [0, 0.05) is 29.7 Å². The van der Waals surface area contributed by atoms with E-state index in [0.717, 1.165) is 19.3 Å². The lowest BCUT2D eigenvalue weighted by atomic mass is 10.1. The molecule has 0 unspecified atom stereocenters. The first-order valence-corrected chi connectivity index (χ1v) is 11.2. The second-order valence-electron chi connectivity index (χ2n) is 8.36. The SMILES string of the molecule is COC(=O)c1n[nH]c2ccc(C(=O)Nc3ccc4oc(=O)n(CC(=O)N5CCCCC5)c4c3)cc12. The number of aromatic nitrogens is 3. The second kappa shape index (κ2) is 9.09. The molecule has 1 aliphatic rings. The third-order valence-electron chi connectivity index (χ3n) is 6.13. The smallest absolute Gasteiger partial charge is 0.420 e. The van der Waals surface area contributed by atoms with Crippen molar-refractivity contribution in [2.45, 2.75) is 25.8 Å². The van der Waals surface area contributed by atoms with E-state index in [4.69, 9.17) is 9.15 Å². The minimum Gasteiger partial charge on any atom is -0.464 e. The third kappa shape index (κ3) is 4.27. The highest BCUT2D eigenvalue weighted by molar-refractivity contribution is 6.09. The average molecular weight is 477 g/mol. The van der Waals surface area contributed by atoms with Crippen LogP contribution in [-0.2, 0) is 16.1 Å². The summed E-state index contributed by atoms with van der Waals surface area (Å²) < 4.78 is 11.3. The van der Waals surface area contributed by atoms with Crippen molar-refractivity contribution in [3.8, 4) is 0 Å². The van der Waals surface area contributed by atoms with Gasteiger partial charge in [-0.05, 0) is 55.7 Å². The summed E-state index contributed by atoms with van der Waals surface area (Å²) in [5.74, 6) is -1.81. The summed E-state index contributed by atoms with van der Waals surface area (Å²) in [6.45, 7) is 1.24. The van der Waals surface area contributed by atoms with Crippen LogP contribution in [0.4, 0.5) is 5.69 Å². The number of carbonyl (C=O) groups excluding carboxylic acids is 3. The average Bonchev–Trinajstić information content (AvgIpc) is 3.44. The number of oxazole rings is 1. The van der Waals surface area contributed by atoms with Gasteiger partial charge in [-0.25, -0.2) is 9.59 Å². The van der Waals surface area contributed by atoms with E-state index in [0.29, 0.717) is 46.3 Å². The number of nitrogens with zero attached hydrogens (tertiary/aromatic N) is 3. The number of nitrogens with one attached hydrogen (secondary N) is 2. The minimum absolute atomic E-state index is 0.0827. The van der Waals surface area contributed by atoms with Crippen LogP contribution in [0.3, 0.4) is 0 Å². The number of carbonyl (C=O) groups is 3. The predicted octanol–water partition coefficient (Wildman–Crippen LogP) is 2.52. The maximum Gasteiger partial charge on any atom is 0.420 e. The van der Waals surface area contributed by atoms with Crippen molar-refractivity contribution in [2.24, 2.45) is 0 Å². The van der Waals surface area contributed by atoms with Crippen LogP contribution in [0.15, 0.2) is 45.6 Å². The lowest BCUT2D eigenvalue weighted by Gasteiger charge is -2.26. The van der Waals surface area contributed by atoms with E-state index in [2.05, 4.69) is 15.5 Å². The second-order valence-corrected chi connectivity index (χ2v) is 8.36. The number of hydrogen-bond acceptors (Lipinski definition) is 7. The van der Waals surface area contributed by atoms with E-state index >= 15 is 0 Å². The van der Waals surface area contributed by atoms with Crippen LogP contribution in [0.2, 0.25) is 0 Å². The maximum atomic E-state index is 12.9. The van der Waals surface area contributed by atoms with Crippen molar-refractivity contribution in [3.63, 3.8) is 0 Å². The van der Waals surface area contributed by atoms with Crippen molar-refractivity contribution in [2.75, 3.05) is 25.5 Å². The Morgan fingerprint density at radius 2 is 1.91 bits per heavy atom. The highest BCUT2D eigenvalue weighted by Crippen LogP contribution is 2.22. The molecule has 0 radical (unpaired) electrons. The van der Waals surface area contributed by atoms with Crippen molar-refractivity contribution in [3.05, 3.63) is 58.2 Å². The molecule has 2 aromatic carbocycles. The van der Waals surface area contributed by atoms with Crippen LogP contribution < -0.4 is 11.1 Å². The Bertz CT molecular complexity index is 1510. The van der Waals surface area contributed by atoms with E-state index < -0.39 is 17.6 Å². The van der Waals surface area contributed by atoms with Crippen molar-refractivity contribution < 1.29 is 23.5 Å². The van der Waals surface area contributed by atoms with E-state index in [9.17, 15) is 19.2 Å². The Morgan fingerprint density at radius 3 is 2.69 bits per heavy atom. The molecule has 5 rings (SSSR count).